The fourth-order valence-corrected chi connectivity index (χ4v) is 8.62. The Kier molecular flexibility index (Phi) is 6.78. The number of amidine groups is 1. The molecule has 2 aromatic carbocycles. The van der Waals surface area contributed by atoms with Crippen molar-refractivity contribution in [2.45, 2.75) is 64.4 Å². The van der Waals surface area contributed by atoms with E-state index in [9.17, 15) is 4.79 Å². The maximum atomic E-state index is 13.4. The molecular weight excluding hydrogens is 594 g/mol. The van der Waals surface area contributed by atoms with Crippen molar-refractivity contribution in [2.75, 3.05) is 0 Å². The van der Waals surface area contributed by atoms with Crippen molar-refractivity contribution in [1.82, 2.24) is 4.90 Å². The minimum atomic E-state index is -1.94. The predicted octanol–water partition coefficient (Wildman–Crippen LogP) is 6.45. The summed E-state index contributed by atoms with van der Waals surface area (Å²) < 4.78 is 11.1. The van der Waals surface area contributed by atoms with E-state index in [2.05, 4.69) is 91.7 Å². The number of fused-ring (bicyclic) bond motifs is 2. The van der Waals surface area contributed by atoms with E-state index in [0.717, 1.165) is 16.8 Å². The van der Waals surface area contributed by atoms with Gasteiger partial charge in [-0.2, -0.15) is 0 Å². The molecule has 4 nitrogen and oxygen atoms in total. The molecule has 2 aliphatic heterocycles. The number of benzene rings is 2. The first-order valence-electron chi connectivity index (χ1n) is 11.1. The number of β-lactam (4-membered cyclic amide) rings is 1. The summed E-state index contributed by atoms with van der Waals surface area (Å²) in [6, 6.07) is 14.7. The Labute approximate surface area is 212 Å². The number of amides is 1. The second-order valence-corrected chi connectivity index (χ2v) is 17.9. The molecule has 4 rings (SSSR count). The van der Waals surface area contributed by atoms with Crippen LogP contribution in [-0.2, 0) is 9.22 Å². The summed E-state index contributed by atoms with van der Waals surface area (Å²) in [5, 5.41) is 2.50. The molecule has 3 atom stereocenters. The standard InChI is InChI=1S/C25H31IN2O2SeSi/c1-16(30-32(5,6)25(2,3)4)22-21-14-20(15-26)31-24(28(21)23(22)29)27-19-12-11-17-9-7-8-10-18(17)13-19/h7-13,15-16,21-22H,14H2,1-6H3/b20-15-,27-24?/t16-,21-,22-/m1/s1. The number of rotatable bonds is 4. The normalized spacial score (nSPS) is 25.2. The summed E-state index contributed by atoms with van der Waals surface area (Å²) in [5.41, 5.74) is 0.913. The molecule has 0 radical (unpaired) electrons. The maximum absolute atomic E-state index is 13.4. The van der Waals surface area contributed by atoms with Crippen LogP contribution in [0.3, 0.4) is 0 Å². The third-order valence-electron chi connectivity index (χ3n) is 6.98. The Morgan fingerprint density at radius 3 is 2.56 bits per heavy atom. The van der Waals surface area contributed by atoms with Gasteiger partial charge in [0.2, 0.25) is 0 Å². The number of nitrogens with zero attached hydrogens (tertiary/aromatic N) is 2. The molecule has 32 heavy (non-hydrogen) atoms. The zero-order valence-corrected chi connectivity index (χ0v) is 24.4. The number of carbonyl (C=O) groups excluding carboxylic acids is 1. The zero-order chi connectivity index (χ0) is 23.3. The van der Waals surface area contributed by atoms with Gasteiger partial charge in [-0.3, -0.25) is 0 Å². The van der Waals surface area contributed by atoms with Gasteiger partial charge in [-0.25, -0.2) is 0 Å². The Balaban J connectivity index is 1.61. The van der Waals surface area contributed by atoms with E-state index in [-0.39, 0.29) is 44.0 Å². The third kappa shape index (κ3) is 4.51. The van der Waals surface area contributed by atoms with E-state index < -0.39 is 8.32 Å². The van der Waals surface area contributed by atoms with Gasteiger partial charge >= 0.3 is 213 Å². The van der Waals surface area contributed by atoms with Crippen LogP contribution < -0.4 is 0 Å². The first kappa shape index (κ1) is 24.1. The van der Waals surface area contributed by atoms with Gasteiger partial charge in [0, 0.05) is 0 Å². The molecule has 0 bridgehead atoms. The van der Waals surface area contributed by atoms with Gasteiger partial charge in [0.15, 0.2) is 0 Å². The quantitative estimate of drug-likeness (QED) is 0.223. The van der Waals surface area contributed by atoms with Crippen LogP contribution in [0, 0.1) is 5.92 Å². The van der Waals surface area contributed by atoms with Crippen LogP contribution in [0.25, 0.3) is 10.8 Å². The van der Waals surface area contributed by atoms with Gasteiger partial charge in [0.1, 0.15) is 0 Å². The van der Waals surface area contributed by atoms with Gasteiger partial charge in [-0.05, 0) is 0 Å². The number of hydrogen-bond donors (Lipinski definition) is 0. The molecule has 0 unspecified atom stereocenters. The van der Waals surface area contributed by atoms with Crippen molar-refractivity contribution in [2.24, 2.45) is 10.9 Å². The molecule has 0 aliphatic carbocycles. The Morgan fingerprint density at radius 1 is 1.22 bits per heavy atom. The topological polar surface area (TPSA) is 41.9 Å². The van der Waals surface area contributed by atoms with Crippen LogP contribution >= 0.6 is 22.6 Å². The van der Waals surface area contributed by atoms with Crippen LogP contribution in [0.4, 0.5) is 5.69 Å². The number of hydrogen-bond acceptors (Lipinski definition) is 3. The average molecular weight is 625 g/mol. The predicted molar refractivity (Wildman–Crippen MR) is 145 cm³/mol. The van der Waals surface area contributed by atoms with Crippen molar-refractivity contribution < 1.29 is 9.22 Å². The average Bonchev–Trinajstić information content (AvgIpc) is 2.71. The first-order chi connectivity index (χ1) is 15.0. The van der Waals surface area contributed by atoms with E-state index in [1.807, 2.05) is 23.1 Å². The van der Waals surface area contributed by atoms with E-state index in [1.165, 1.54) is 15.2 Å². The van der Waals surface area contributed by atoms with E-state index in [0.29, 0.717) is 0 Å². The fourth-order valence-electron chi connectivity index (χ4n) is 4.16. The Hall–Kier alpha value is -0.994. The van der Waals surface area contributed by atoms with Crippen molar-refractivity contribution >= 4 is 73.0 Å². The number of aliphatic imine (C=N–C) groups is 1. The molecule has 0 aromatic heterocycles. The first-order valence-corrected chi connectivity index (χ1v) is 16.9. The molecular formula is C25H31IN2O2SeSi. The molecule has 2 aromatic rings. The number of carbonyl (C=O) groups is 1. The van der Waals surface area contributed by atoms with Crippen molar-refractivity contribution in [3.63, 3.8) is 0 Å². The van der Waals surface area contributed by atoms with Gasteiger partial charge in [-0.15, -0.1) is 0 Å². The summed E-state index contributed by atoms with van der Waals surface area (Å²) >= 11 is 2.40. The summed E-state index contributed by atoms with van der Waals surface area (Å²) in [4.78, 5) is 20.3. The molecule has 7 heteroatoms. The molecule has 2 fully saturated rings. The van der Waals surface area contributed by atoms with Crippen LogP contribution in [0.5, 0.6) is 0 Å². The summed E-state index contributed by atoms with van der Waals surface area (Å²) in [6.07, 6.45) is 0.856. The molecule has 1 amide bonds. The number of halogens is 1. The van der Waals surface area contributed by atoms with Gasteiger partial charge < -0.3 is 0 Å². The molecule has 2 saturated heterocycles. The zero-order valence-electron chi connectivity index (χ0n) is 19.6. The summed E-state index contributed by atoms with van der Waals surface area (Å²) in [6.45, 7) is 13.3. The Morgan fingerprint density at radius 2 is 1.91 bits per heavy atom. The molecule has 0 spiro atoms. The van der Waals surface area contributed by atoms with Crippen LogP contribution in [-0.4, -0.2) is 51.0 Å². The monoisotopic (exact) mass is 626 g/mol. The fraction of sp³-hybridized carbons (Fsp3) is 0.440. The van der Waals surface area contributed by atoms with Crippen LogP contribution in [0.2, 0.25) is 18.1 Å². The van der Waals surface area contributed by atoms with Crippen LogP contribution in [0.15, 0.2) is 56.0 Å². The van der Waals surface area contributed by atoms with Gasteiger partial charge in [0.25, 0.3) is 0 Å². The van der Waals surface area contributed by atoms with Crippen molar-refractivity contribution in [3.8, 4) is 0 Å². The van der Waals surface area contributed by atoms with Crippen LogP contribution in [0.1, 0.15) is 34.1 Å². The van der Waals surface area contributed by atoms with E-state index in [4.69, 9.17) is 9.42 Å². The molecule has 170 valence electrons. The van der Waals surface area contributed by atoms with Crippen molar-refractivity contribution in [1.29, 1.82) is 0 Å². The summed E-state index contributed by atoms with van der Waals surface area (Å²) in [5.74, 6) is 0.0866. The third-order valence-corrected chi connectivity index (χ3v) is 15.4. The van der Waals surface area contributed by atoms with E-state index in [1.54, 1.807) is 0 Å². The second-order valence-electron chi connectivity index (χ2n) is 10.2. The Bertz CT molecular complexity index is 1110. The second kappa shape index (κ2) is 8.99. The summed E-state index contributed by atoms with van der Waals surface area (Å²) in [7, 11) is -1.94. The van der Waals surface area contributed by atoms with Gasteiger partial charge in [-0.1, -0.05) is 0 Å². The molecule has 2 heterocycles. The van der Waals surface area contributed by atoms with E-state index >= 15 is 0 Å². The molecule has 0 saturated carbocycles. The molecule has 0 N–H and O–H groups in total. The van der Waals surface area contributed by atoms with Gasteiger partial charge in [0.05, 0.1) is 0 Å². The van der Waals surface area contributed by atoms with Crippen molar-refractivity contribution in [3.05, 3.63) is 51.0 Å². The SMILES string of the molecule is C[C@@H](O[Si](C)(C)C(C)(C)C)[C@H]1C(=O)N2C(=Nc3ccc4ccccc4c3)[Se]/C(=C\I)C[C@H]12. The molecule has 2 aliphatic rings. The minimum absolute atomic E-state index is 0.0630.